The predicted molar refractivity (Wildman–Crippen MR) is 53.5 cm³/mol. The highest BCUT2D eigenvalue weighted by atomic mass is 35.5. The first-order valence-corrected chi connectivity index (χ1v) is 4.68. The molecule has 17 heavy (non-hydrogen) atoms. The van der Waals surface area contributed by atoms with Crippen molar-refractivity contribution in [2.45, 2.75) is 13.3 Å². The highest BCUT2D eigenvalue weighted by Crippen LogP contribution is 2.34. The average Bonchev–Trinajstić information content (AvgIpc) is 2.18. The van der Waals surface area contributed by atoms with Gasteiger partial charge in [0.2, 0.25) is 0 Å². The van der Waals surface area contributed by atoms with E-state index in [1.165, 1.54) is 0 Å². The summed E-state index contributed by atoms with van der Waals surface area (Å²) >= 11 is 5.53. The first kappa shape index (κ1) is 13.5. The van der Waals surface area contributed by atoms with Gasteiger partial charge in [-0.1, -0.05) is 11.6 Å². The Balaban J connectivity index is 3.36. The molecule has 1 aromatic rings. The lowest BCUT2D eigenvalue weighted by atomic mass is 10.1. The molecule has 0 unspecified atom stereocenters. The van der Waals surface area contributed by atoms with E-state index in [1.54, 1.807) is 0 Å². The Hall–Kier alpha value is -1.56. The molecule has 0 aliphatic heterocycles. The summed E-state index contributed by atoms with van der Waals surface area (Å²) in [4.78, 5) is 21.6. The van der Waals surface area contributed by atoms with E-state index in [-0.39, 0.29) is 5.56 Å². The van der Waals surface area contributed by atoms with Crippen LogP contribution < -0.4 is 4.74 Å². The van der Waals surface area contributed by atoms with Crippen molar-refractivity contribution >= 4 is 23.7 Å². The number of carbonyl (C=O) groups is 2. The summed E-state index contributed by atoms with van der Waals surface area (Å²) < 4.78 is 39.9. The molecule has 0 aliphatic rings. The van der Waals surface area contributed by atoms with E-state index >= 15 is 0 Å². The molecule has 0 spiro atoms. The third kappa shape index (κ3) is 3.45. The number of alkyl halides is 3. The Morgan fingerprint density at radius 2 is 2.00 bits per heavy atom. The zero-order chi connectivity index (χ0) is 13.2. The first-order chi connectivity index (χ1) is 7.74. The molecule has 0 N–H and O–H groups in total. The molecule has 92 valence electrons. The molecule has 7 heteroatoms. The van der Waals surface area contributed by atoms with Crippen molar-refractivity contribution in [2.24, 2.45) is 0 Å². The number of aldehydes is 1. The van der Waals surface area contributed by atoms with Gasteiger partial charge in [0.25, 0.3) is 0 Å². The van der Waals surface area contributed by atoms with E-state index in [2.05, 4.69) is 4.74 Å². The molecule has 3 nitrogen and oxygen atoms in total. The van der Waals surface area contributed by atoms with Gasteiger partial charge in [-0.15, -0.1) is 13.2 Å². The van der Waals surface area contributed by atoms with Gasteiger partial charge in [-0.2, -0.15) is 0 Å². The van der Waals surface area contributed by atoms with Gasteiger partial charge in [-0.25, -0.2) is 0 Å². The van der Waals surface area contributed by atoms with Gasteiger partial charge >= 0.3 is 6.36 Å². The monoisotopic (exact) mass is 266 g/mol. The fourth-order valence-electron chi connectivity index (χ4n) is 1.16. The summed E-state index contributed by atoms with van der Waals surface area (Å²) in [6.45, 7) is 1.05. The number of Topliss-reactive ketones (excluding diaryl/α,β-unsaturated/α-hetero) is 1. The predicted octanol–water partition coefficient (Wildman–Crippen LogP) is 3.25. The fraction of sp³-hybridized carbons (Fsp3) is 0.200. The third-order valence-corrected chi connectivity index (χ3v) is 2.08. The summed E-state index contributed by atoms with van der Waals surface area (Å²) in [5.41, 5.74) is -0.397. The van der Waals surface area contributed by atoms with E-state index < -0.39 is 28.5 Å². The number of hydrogen-bond donors (Lipinski definition) is 0. The van der Waals surface area contributed by atoms with Crippen molar-refractivity contribution in [2.75, 3.05) is 0 Å². The lowest BCUT2D eigenvalue weighted by Crippen LogP contribution is -2.19. The standard InChI is InChI=1S/C10H6ClF3O3/c1-5(16)7-2-6(4-15)3-8(11)9(7)17-10(12,13)14/h2-4H,1H3. The lowest BCUT2D eigenvalue weighted by Gasteiger charge is -2.13. The Morgan fingerprint density at radius 3 is 2.41 bits per heavy atom. The van der Waals surface area contributed by atoms with Crippen LogP contribution in [0.2, 0.25) is 5.02 Å². The molecule has 0 aliphatic carbocycles. The van der Waals surface area contributed by atoms with Gasteiger partial charge in [0.1, 0.15) is 6.29 Å². The summed E-state index contributed by atoms with van der Waals surface area (Å²) in [5.74, 6) is -1.48. The van der Waals surface area contributed by atoms with Crippen molar-refractivity contribution < 1.29 is 27.5 Å². The molecule has 0 saturated carbocycles. The van der Waals surface area contributed by atoms with Gasteiger partial charge < -0.3 is 4.74 Å². The second-order valence-corrected chi connectivity index (χ2v) is 3.51. The van der Waals surface area contributed by atoms with Crippen molar-refractivity contribution in [3.63, 3.8) is 0 Å². The SMILES string of the molecule is CC(=O)c1cc(C=O)cc(Cl)c1OC(F)(F)F. The third-order valence-electron chi connectivity index (χ3n) is 1.80. The Bertz CT molecular complexity index is 469. The summed E-state index contributed by atoms with van der Waals surface area (Å²) in [6.07, 6.45) is -4.59. The van der Waals surface area contributed by atoms with Crippen molar-refractivity contribution in [3.8, 4) is 5.75 Å². The van der Waals surface area contributed by atoms with Crippen LogP contribution in [0.4, 0.5) is 13.2 Å². The Morgan fingerprint density at radius 1 is 1.41 bits per heavy atom. The largest absolute Gasteiger partial charge is 0.573 e. The normalized spacial score (nSPS) is 11.1. The molecule has 0 saturated heterocycles. The second kappa shape index (κ2) is 4.75. The molecule has 0 atom stereocenters. The van der Waals surface area contributed by atoms with Crippen LogP contribution in [-0.2, 0) is 0 Å². The van der Waals surface area contributed by atoms with Gasteiger partial charge in [0.05, 0.1) is 10.6 Å². The molecule has 0 aromatic heterocycles. The van der Waals surface area contributed by atoms with Gasteiger partial charge in [0, 0.05) is 5.56 Å². The molecule has 0 bridgehead atoms. The number of rotatable bonds is 3. The first-order valence-electron chi connectivity index (χ1n) is 4.30. The van der Waals surface area contributed by atoms with Crippen LogP contribution in [0, 0.1) is 0 Å². The zero-order valence-electron chi connectivity index (χ0n) is 8.47. The van der Waals surface area contributed by atoms with Gasteiger partial charge in [-0.3, -0.25) is 9.59 Å². The smallest absolute Gasteiger partial charge is 0.403 e. The van der Waals surface area contributed by atoms with Crippen LogP contribution in [0.1, 0.15) is 27.6 Å². The maximum Gasteiger partial charge on any atom is 0.573 e. The number of ketones is 1. The van der Waals surface area contributed by atoms with E-state index in [0.29, 0.717) is 6.29 Å². The minimum absolute atomic E-state index is 0.00488. The molecule has 0 amide bonds. The molecule has 0 fully saturated rings. The van der Waals surface area contributed by atoms with Crippen LogP contribution in [0.5, 0.6) is 5.75 Å². The van der Waals surface area contributed by atoms with Crippen LogP contribution in [0.3, 0.4) is 0 Å². The minimum Gasteiger partial charge on any atom is -0.403 e. The van der Waals surface area contributed by atoms with Crippen molar-refractivity contribution in [3.05, 3.63) is 28.3 Å². The summed E-state index contributed by atoms with van der Waals surface area (Å²) in [5, 5.41) is -0.447. The number of carbonyl (C=O) groups excluding carboxylic acids is 2. The topological polar surface area (TPSA) is 43.4 Å². The van der Waals surface area contributed by atoms with Crippen LogP contribution in [0.15, 0.2) is 12.1 Å². The minimum atomic E-state index is -4.96. The fourth-order valence-corrected chi connectivity index (χ4v) is 1.43. The summed E-state index contributed by atoms with van der Waals surface area (Å²) in [6, 6.07) is 1.98. The average molecular weight is 267 g/mol. The Labute approximate surface area is 99.1 Å². The van der Waals surface area contributed by atoms with Crippen molar-refractivity contribution in [1.82, 2.24) is 0 Å². The molecule has 0 heterocycles. The zero-order valence-corrected chi connectivity index (χ0v) is 9.22. The Kier molecular flexibility index (Phi) is 3.77. The van der Waals surface area contributed by atoms with E-state index in [9.17, 15) is 22.8 Å². The van der Waals surface area contributed by atoms with E-state index in [4.69, 9.17) is 11.6 Å². The van der Waals surface area contributed by atoms with E-state index in [1.807, 2.05) is 0 Å². The van der Waals surface area contributed by atoms with Crippen LogP contribution in [0.25, 0.3) is 0 Å². The second-order valence-electron chi connectivity index (χ2n) is 3.10. The summed E-state index contributed by atoms with van der Waals surface area (Å²) in [7, 11) is 0. The van der Waals surface area contributed by atoms with E-state index in [0.717, 1.165) is 19.1 Å². The highest BCUT2D eigenvalue weighted by Gasteiger charge is 2.34. The number of ether oxygens (including phenoxy) is 1. The molecule has 1 aromatic carbocycles. The highest BCUT2D eigenvalue weighted by molar-refractivity contribution is 6.33. The van der Waals surface area contributed by atoms with Gasteiger partial charge in [-0.05, 0) is 19.1 Å². The number of hydrogen-bond acceptors (Lipinski definition) is 3. The lowest BCUT2D eigenvalue weighted by molar-refractivity contribution is -0.274. The molecular formula is C10H6ClF3O3. The van der Waals surface area contributed by atoms with Gasteiger partial charge in [0.15, 0.2) is 11.5 Å². The number of halogens is 4. The van der Waals surface area contributed by atoms with Crippen LogP contribution >= 0.6 is 11.6 Å². The quantitative estimate of drug-likeness (QED) is 0.623. The molecule has 1 rings (SSSR count). The van der Waals surface area contributed by atoms with Crippen molar-refractivity contribution in [1.29, 1.82) is 0 Å². The molecular weight excluding hydrogens is 261 g/mol. The maximum absolute atomic E-state index is 12.1. The number of benzene rings is 1. The van der Waals surface area contributed by atoms with Crippen LogP contribution in [-0.4, -0.2) is 18.4 Å². The molecule has 0 radical (unpaired) electrons. The maximum atomic E-state index is 12.1.